The van der Waals surface area contributed by atoms with E-state index >= 15 is 0 Å². The summed E-state index contributed by atoms with van der Waals surface area (Å²) in [6, 6.07) is 13.7. The quantitative estimate of drug-likeness (QED) is 0.823. The van der Waals surface area contributed by atoms with Crippen molar-refractivity contribution >= 4 is 5.91 Å². The van der Waals surface area contributed by atoms with Crippen LogP contribution in [0.3, 0.4) is 0 Å². The van der Waals surface area contributed by atoms with Crippen molar-refractivity contribution in [1.29, 1.82) is 0 Å². The molecule has 1 aromatic carbocycles. The molecular formula is C18H22N2O. The molecule has 0 spiro atoms. The third-order valence-corrected chi connectivity index (χ3v) is 3.46. The number of benzene rings is 1. The zero-order chi connectivity index (χ0) is 15.1. The number of hydrogen-bond donors (Lipinski definition) is 1. The first-order valence-corrected chi connectivity index (χ1v) is 7.45. The Kier molecular flexibility index (Phi) is 5.50. The molecule has 21 heavy (non-hydrogen) atoms. The van der Waals surface area contributed by atoms with E-state index in [0.717, 1.165) is 24.1 Å². The number of aromatic nitrogens is 1. The fourth-order valence-corrected chi connectivity index (χ4v) is 2.14. The molecular weight excluding hydrogens is 260 g/mol. The predicted octanol–water partition coefficient (Wildman–Crippen LogP) is 3.57. The average Bonchev–Trinajstić information content (AvgIpc) is 2.52. The Morgan fingerprint density at radius 2 is 1.90 bits per heavy atom. The summed E-state index contributed by atoms with van der Waals surface area (Å²) in [5, 5.41) is 2.95. The van der Waals surface area contributed by atoms with E-state index in [1.807, 2.05) is 42.5 Å². The van der Waals surface area contributed by atoms with E-state index in [1.165, 1.54) is 5.56 Å². The molecule has 0 bridgehead atoms. The molecule has 0 saturated carbocycles. The van der Waals surface area contributed by atoms with Crippen LogP contribution >= 0.6 is 0 Å². The minimum absolute atomic E-state index is 0.00803. The summed E-state index contributed by atoms with van der Waals surface area (Å²) in [4.78, 5) is 16.3. The lowest BCUT2D eigenvalue weighted by molar-refractivity contribution is 0.0953. The van der Waals surface area contributed by atoms with E-state index in [1.54, 1.807) is 6.20 Å². The Balaban J connectivity index is 1.76. The highest BCUT2D eigenvalue weighted by Gasteiger charge is 2.05. The molecule has 1 amide bonds. The summed E-state index contributed by atoms with van der Waals surface area (Å²) >= 11 is 0. The Morgan fingerprint density at radius 3 is 2.52 bits per heavy atom. The molecule has 0 fully saturated rings. The van der Waals surface area contributed by atoms with Gasteiger partial charge in [0.1, 0.15) is 0 Å². The summed E-state index contributed by atoms with van der Waals surface area (Å²) in [5.74, 6) is 0.479. The van der Waals surface area contributed by atoms with Crippen molar-refractivity contribution in [2.45, 2.75) is 32.6 Å². The summed E-state index contributed by atoms with van der Waals surface area (Å²) in [5.41, 5.74) is 3.03. The van der Waals surface area contributed by atoms with Gasteiger partial charge in [-0.15, -0.1) is 0 Å². The molecule has 2 aromatic rings. The van der Waals surface area contributed by atoms with Crippen LogP contribution in [0.5, 0.6) is 0 Å². The number of amides is 1. The van der Waals surface area contributed by atoms with Crippen LogP contribution in [0.2, 0.25) is 0 Å². The molecule has 1 aromatic heterocycles. The van der Waals surface area contributed by atoms with E-state index in [-0.39, 0.29) is 5.91 Å². The number of aryl methyl sites for hydroxylation is 1. The van der Waals surface area contributed by atoms with Crippen molar-refractivity contribution in [3.8, 4) is 0 Å². The second-order valence-electron chi connectivity index (χ2n) is 5.46. The van der Waals surface area contributed by atoms with Gasteiger partial charge in [-0.2, -0.15) is 0 Å². The fourth-order valence-electron chi connectivity index (χ4n) is 2.14. The van der Waals surface area contributed by atoms with Crippen LogP contribution in [0, 0.1) is 0 Å². The van der Waals surface area contributed by atoms with Crippen molar-refractivity contribution in [1.82, 2.24) is 10.3 Å². The van der Waals surface area contributed by atoms with E-state index < -0.39 is 0 Å². The number of carbonyl (C=O) groups is 1. The molecule has 0 aliphatic carbocycles. The van der Waals surface area contributed by atoms with Crippen LogP contribution in [0.15, 0.2) is 48.7 Å². The molecule has 1 heterocycles. The standard InChI is InChI=1S/C18H22N2O/c1-14(2)15-8-10-16(11-9-15)18(21)20-13-5-7-17-6-3-4-12-19-17/h3-4,6,8-12,14H,5,7,13H2,1-2H3,(H,20,21). The first-order chi connectivity index (χ1) is 10.2. The van der Waals surface area contributed by atoms with Gasteiger partial charge in [0, 0.05) is 24.0 Å². The van der Waals surface area contributed by atoms with Gasteiger partial charge >= 0.3 is 0 Å². The number of carbonyl (C=O) groups excluding carboxylic acids is 1. The number of nitrogens with zero attached hydrogens (tertiary/aromatic N) is 1. The molecule has 0 aliphatic heterocycles. The Labute approximate surface area is 126 Å². The summed E-state index contributed by atoms with van der Waals surface area (Å²) in [6.07, 6.45) is 3.57. The highest BCUT2D eigenvalue weighted by atomic mass is 16.1. The van der Waals surface area contributed by atoms with Crippen molar-refractivity contribution in [3.63, 3.8) is 0 Å². The van der Waals surface area contributed by atoms with Crippen LogP contribution in [0.25, 0.3) is 0 Å². The normalized spacial score (nSPS) is 10.6. The minimum Gasteiger partial charge on any atom is -0.352 e. The Morgan fingerprint density at radius 1 is 1.14 bits per heavy atom. The largest absolute Gasteiger partial charge is 0.352 e. The molecule has 0 aliphatic rings. The number of hydrogen-bond acceptors (Lipinski definition) is 2. The van der Waals surface area contributed by atoms with Gasteiger partial charge in [-0.1, -0.05) is 32.0 Å². The Hall–Kier alpha value is -2.16. The average molecular weight is 282 g/mol. The number of pyridine rings is 1. The maximum Gasteiger partial charge on any atom is 0.251 e. The van der Waals surface area contributed by atoms with Crippen LogP contribution in [0.4, 0.5) is 0 Å². The summed E-state index contributed by atoms with van der Waals surface area (Å²) < 4.78 is 0. The van der Waals surface area contributed by atoms with Gasteiger partial charge in [0.05, 0.1) is 0 Å². The van der Waals surface area contributed by atoms with Gasteiger partial charge < -0.3 is 5.32 Å². The maximum atomic E-state index is 12.0. The fraction of sp³-hybridized carbons (Fsp3) is 0.333. The van der Waals surface area contributed by atoms with Gasteiger partial charge in [0.25, 0.3) is 5.91 Å². The van der Waals surface area contributed by atoms with Crippen molar-refractivity contribution in [3.05, 3.63) is 65.5 Å². The lowest BCUT2D eigenvalue weighted by atomic mass is 10.0. The van der Waals surface area contributed by atoms with E-state index in [2.05, 4.69) is 24.1 Å². The highest BCUT2D eigenvalue weighted by Crippen LogP contribution is 2.14. The predicted molar refractivity (Wildman–Crippen MR) is 85.4 cm³/mol. The zero-order valence-corrected chi connectivity index (χ0v) is 12.7. The third-order valence-electron chi connectivity index (χ3n) is 3.46. The summed E-state index contributed by atoms with van der Waals surface area (Å²) in [7, 11) is 0. The van der Waals surface area contributed by atoms with Crippen LogP contribution in [-0.2, 0) is 6.42 Å². The Bertz CT molecular complexity index is 562. The molecule has 0 saturated heterocycles. The third kappa shape index (κ3) is 4.71. The van der Waals surface area contributed by atoms with Crippen molar-refractivity contribution in [2.24, 2.45) is 0 Å². The van der Waals surface area contributed by atoms with E-state index in [4.69, 9.17) is 0 Å². The topological polar surface area (TPSA) is 42.0 Å². The molecule has 2 rings (SSSR count). The van der Waals surface area contributed by atoms with E-state index in [9.17, 15) is 4.79 Å². The van der Waals surface area contributed by atoms with Crippen LogP contribution in [0.1, 0.15) is 47.8 Å². The molecule has 110 valence electrons. The molecule has 3 heteroatoms. The van der Waals surface area contributed by atoms with E-state index in [0.29, 0.717) is 12.5 Å². The minimum atomic E-state index is -0.00803. The summed E-state index contributed by atoms with van der Waals surface area (Å²) in [6.45, 7) is 4.96. The number of rotatable bonds is 6. The second-order valence-corrected chi connectivity index (χ2v) is 5.46. The lowest BCUT2D eigenvalue weighted by Crippen LogP contribution is -2.24. The first kappa shape index (κ1) is 15.2. The lowest BCUT2D eigenvalue weighted by Gasteiger charge is -2.08. The maximum absolute atomic E-state index is 12.0. The second kappa shape index (κ2) is 7.58. The van der Waals surface area contributed by atoms with Gasteiger partial charge in [-0.05, 0) is 48.6 Å². The molecule has 0 radical (unpaired) electrons. The monoisotopic (exact) mass is 282 g/mol. The SMILES string of the molecule is CC(C)c1ccc(C(=O)NCCCc2ccccn2)cc1. The highest BCUT2D eigenvalue weighted by molar-refractivity contribution is 5.94. The van der Waals surface area contributed by atoms with Crippen LogP contribution in [-0.4, -0.2) is 17.4 Å². The molecule has 0 unspecified atom stereocenters. The molecule has 3 nitrogen and oxygen atoms in total. The van der Waals surface area contributed by atoms with Crippen molar-refractivity contribution in [2.75, 3.05) is 6.54 Å². The van der Waals surface area contributed by atoms with Crippen molar-refractivity contribution < 1.29 is 4.79 Å². The zero-order valence-electron chi connectivity index (χ0n) is 12.7. The van der Waals surface area contributed by atoms with Gasteiger partial charge in [0.2, 0.25) is 0 Å². The molecule has 0 atom stereocenters. The smallest absolute Gasteiger partial charge is 0.251 e. The molecule has 1 N–H and O–H groups in total. The first-order valence-electron chi connectivity index (χ1n) is 7.45. The number of nitrogens with one attached hydrogen (secondary N) is 1. The van der Waals surface area contributed by atoms with Gasteiger partial charge in [-0.25, -0.2) is 0 Å². The van der Waals surface area contributed by atoms with Gasteiger partial charge in [0.15, 0.2) is 0 Å². The van der Waals surface area contributed by atoms with Crippen LogP contribution < -0.4 is 5.32 Å². The van der Waals surface area contributed by atoms with Gasteiger partial charge in [-0.3, -0.25) is 9.78 Å².